The maximum absolute atomic E-state index is 13.1. The Hall–Kier alpha value is -1.63. The van der Waals surface area contributed by atoms with E-state index in [-0.39, 0.29) is 11.3 Å². The van der Waals surface area contributed by atoms with Crippen LogP contribution in [0.3, 0.4) is 0 Å². The molecule has 4 rings (SSSR count). The van der Waals surface area contributed by atoms with Crippen LogP contribution in [0, 0.1) is 11.3 Å². The average Bonchev–Trinajstić information content (AvgIpc) is 3.33. The number of amides is 1. The molecule has 2 fully saturated rings. The van der Waals surface area contributed by atoms with Crippen LogP contribution in [0.5, 0.6) is 0 Å². The second kappa shape index (κ2) is 10.3. The third-order valence-corrected chi connectivity index (χ3v) is 8.23. The highest BCUT2D eigenvalue weighted by Gasteiger charge is 2.42. The van der Waals surface area contributed by atoms with Crippen LogP contribution < -0.4 is 11.1 Å². The van der Waals surface area contributed by atoms with Crippen molar-refractivity contribution in [1.82, 2.24) is 9.88 Å². The summed E-state index contributed by atoms with van der Waals surface area (Å²) in [6.07, 6.45) is 11.1. The molecule has 0 unspecified atom stereocenters. The number of nitrogens with zero attached hydrogens (tertiary/aromatic N) is 2. The van der Waals surface area contributed by atoms with Crippen molar-refractivity contribution in [2.24, 2.45) is 17.1 Å². The first-order valence-electron chi connectivity index (χ1n) is 11.5. The third kappa shape index (κ3) is 5.60. The SMILES string of the molecule is N[C@H](Cc1ccc(Cl)cc1)C(=O)N1CCC(CNc2nccs2)(C2CCCCC2)CC1. The van der Waals surface area contributed by atoms with Crippen molar-refractivity contribution in [3.63, 3.8) is 0 Å². The van der Waals surface area contributed by atoms with Gasteiger partial charge >= 0.3 is 0 Å². The van der Waals surface area contributed by atoms with E-state index in [1.807, 2.05) is 40.7 Å². The van der Waals surface area contributed by atoms with E-state index in [4.69, 9.17) is 17.3 Å². The van der Waals surface area contributed by atoms with Gasteiger partial charge in [0.05, 0.1) is 6.04 Å². The number of anilines is 1. The van der Waals surface area contributed by atoms with Crippen LogP contribution in [0.2, 0.25) is 5.02 Å². The molecule has 1 aliphatic heterocycles. The van der Waals surface area contributed by atoms with Crippen LogP contribution in [0.1, 0.15) is 50.5 Å². The molecule has 1 atom stereocenters. The smallest absolute Gasteiger partial charge is 0.239 e. The Morgan fingerprint density at radius 2 is 1.94 bits per heavy atom. The van der Waals surface area contributed by atoms with E-state index in [0.29, 0.717) is 11.4 Å². The van der Waals surface area contributed by atoms with Crippen LogP contribution in [-0.4, -0.2) is 41.5 Å². The van der Waals surface area contributed by atoms with Gasteiger partial charge in [0, 0.05) is 36.2 Å². The van der Waals surface area contributed by atoms with Crippen molar-refractivity contribution in [3.05, 3.63) is 46.4 Å². The molecule has 1 aliphatic carbocycles. The molecule has 0 bridgehead atoms. The first kappa shape index (κ1) is 22.6. The van der Waals surface area contributed by atoms with Crippen LogP contribution in [0.15, 0.2) is 35.8 Å². The van der Waals surface area contributed by atoms with Gasteiger partial charge in [0.25, 0.3) is 0 Å². The van der Waals surface area contributed by atoms with E-state index >= 15 is 0 Å². The summed E-state index contributed by atoms with van der Waals surface area (Å²) in [5.41, 5.74) is 7.59. The Morgan fingerprint density at radius 3 is 2.58 bits per heavy atom. The minimum Gasteiger partial charge on any atom is -0.361 e. The maximum atomic E-state index is 13.1. The van der Waals surface area contributed by atoms with Gasteiger partial charge in [-0.1, -0.05) is 43.0 Å². The summed E-state index contributed by atoms with van der Waals surface area (Å²) in [6, 6.07) is 7.09. The minimum absolute atomic E-state index is 0.0695. The predicted octanol–water partition coefficient (Wildman–Crippen LogP) is 4.97. The number of nitrogens with one attached hydrogen (secondary N) is 1. The number of nitrogens with two attached hydrogens (primary N) is 1. The van der Waals surface area contributed by atoms with Gasteiger partial charge < -0.3 is 16.0 Å². The monoisotopic (exact) mass is 460 g/mol. The lowest BCUT2D eigenvalue weighted by Gasteiger charge is -2.48. The lowest BCUT2D eigenvalue weighted by Crippen LogP contribution is -2.53. The lowest BCUT2D eigenvalue weighted by atomic mass is 9.63. The molecule has 1 amide bonds. The molecule has 0 radical (unpaired) electrons. The number of aromatic nitrogens is 1. The summed E-state index contributed by atoms with van der Waals surface area (Å²) in [6.45, 7) is 2.54. The van der Waals surface area contributed by atoms with Crippen molar-refractivity contribution in [1.29, 1.82) is 0 Å². The van der Waals surface area contributed by atoms with Crippen LogP contribution >= 0.6 is 22.9 Å². The molecule has 7 heteroatoms. The topological polar surface area (TPSA) is 71.2 Å². The number of likely N-dealkylation sites (tertiary alicyclic amines) is 1. The second-order valence-electron chi connectivity index (χ2n) is 9.15. The summed E-state index contributed by atoms with van der Waals surface area (Å²) in [5.74, 6) is 0.800. The Kier molecular flexibility index (Phi) is 7.51. The fourth-order valence-corrected chi connectivity index (χ4v) is 6.03. The zero-order valence-electron chi connectivity index (χ0n) is 18.1. The van der Waals surface area contributed by atoms with Crippen LogP contribution in [-0.2, 0) is 11.2 Å². The van der Waals surface area contributed by atoms with Crippen molar-refractivity contribution < 1.29 is 4.79 Å². The number of hydrogen-bond acceptors (Lipinski definition) is 5. The molecule has 1 saturated carbocycles. The highest BCUT2D eigenvalue weighted by atomic mass is 35.5. The average molecular weight is 461 g/mol. The summed E-state index contributed by atoms with van der Waals surface area (Å²) < 4.78 is 0. The molecule has 5 nitrogen and oxygen atoms in total. The summed E-state index contributed by atoms with van der Waals surface area (Å²) in [7, 11) is 0. The zero-order valence-corrected chi connectivity index (χ0v) is 19.6. The van der Waals surface area contributed by atoms with Gasteiger partial charge in [-0.2, -0.15) is 0 Å². The molecule has 1 saturated heterocycles. The van der Waals surface area contributed by atoms with Gasteiger partial charge in [-0.3, -0.25) is 4.79 Å². The number of benzene rings is 1. The van der Waals surface area contributed by atoms with E-state index in [0.717, 1.165) is 49.1 Å². The molecule has 1 aromatic heterocycles. The molecule has 3 N–H and O–H groups in total. The van der Waals surface area contributed by atoms with Crippen molar-refractivity contribution in [2.75, 3.05) is 25.0 Å². The number of halogens is 1. The first-order valence-corrected chi connectivity index (χ1v) is 12.7. The van der Waals surface area contributed by atoms with Crippen LogP contribution in [0.4, 0.5) is 5.13 Å². The van der Waals surface area contributed by atoms with E-state index in [1.165, 1.54) is 32.1 Å². The van der Waals surface area contributed by atoms with Crippen molar-refractivity contribution in [2.45, 2.75) is 57.4 Å². The molecular formula is C24H33ClN4OS. The number of carbonyl (C=O) groups is 1. The molecule has 2 aliphatic rings. The Labute approximate surface area is 194 Å². The molecule has 0 spiro atoms. The zero-order chi connectivity index (χ0) is 21.7. The number of thiazole rings is 1. The van der Waals surface area contributed by atoms with Gasteiger partial charge in [0.1, 0.15) is 0 Å². The summed E-state index contributed by atoms with van der Waals surface area (Å²) >= 11 is 7.62. The van der Waals surface area contributed by atoms with Gasteiger partial charge in [0.15, 0.2) is 5.13 Å². The number of carbonyl (C=O) groups excluding carboxylic acids is 1. The van der Waals surface area contributed by atoms with Gasteiger partial charge in [0.2, 0.25) is 5.91 Å². The summed E-state index contributed by atoms with van der Waals surface area (Å²) in [4.78, 5) is 19.4. The standard InChI is InChI=1S/C24H33ClN4OS/c25-20-8-6-18(7-9-20)16-21(26)22(30)29-13-10-24(11-14-29,19-4-2-1-3-5-19)17-28-23-27-12-15-31-23/h6-9,12,15,19,21H,1-5,10-11,13-14,16-17,26H2,(H,27,28)/t21-/m1/s1. The molecular weight excluding hydrogens is 428 g/mol. The fraction of sp³-hybridized carbons (Fsp3) is 0.583. The van der Waals surface area contributed by atoms with E-state index < -0.39 is 6.04 Å². The minimum atomic E-state index is -0.503. The number of hydrogen-bond donors (Lipinski definition) is 2. The van der Waals surface area contributed by atoms with Crippen molar-refractivity contribution in [3.8, 4) is 0 Å². The third-order valence-electron chi connectivity index (χ3n) is 7.25. The lowest BCUT2D eigenvalue weighted by molar-refractivity contribution is -0.135. The summed E-state index contributed by atoms with van der Waals surface area (Å²) in [5, 5.41) is 7.32. The van der Waals surface area contributed by atoms with E-state index in [1.54, 1.807) is 11.3 Å². The molecule has 2 heterocycles. The first-order chi connectivity index (χ1) is 15.1. The molecule has 168 valence electrons. The Morgan fingerprint density at radius 1 is 1.23 bits per heavy atom. The van der Waals surface area contributed by atoms with Crippen molar-refractivity contribution >= 4 is 34.0 Å². The molecule has 1 aromatic carbocycles. The normalized spacial score (nSPS) is 20.4. The molecule has 2 aromatic rings. The van der Waals surface area contributed by atoms with E-state index in [9.17, 15) is 4.79 Å². The number of rotatable bonds is 7. The Balaban J connectivity index is 1.37. The maximum Gasteiger partial charge on any atom is 0.239 e. The second-order valence-corrected chi connectivity index (χ2v) is 10.5. The highest BCUT2D eigenvalue weighted by Crippen LogP contribution is 2.46. The highest BCUT2D eigenvalue weighted by molar-refractivity contribution is 7.13. The van der Waals surface area contributed by atoms with Gasteiger partial charge in [-0.15, -0.1) is 11.3 Å². The van der Waals surface area contributed by atoms with Crippen LogP contribution in [0.25, 0.3) is 0 Å². The number of piperidine rings is 1. The predicted molar refractivity (Wildman–Crippen MR) is 129 cm³/mol. The fourth-order valence-electron chi connectivity index (χ4n) is 5.38. The van der Waals surface area contributed by atoms with Gasteiger partial charge in [-0.25, -0.2) is 4.98 Å². The van der Waals surface area contributed by atoms with Gasteiger partial charge in [-0.05, 0) is 61.1 Å². The Bertz CT molecular complexity index is 828. The molecule has 31 heavy (non-hydrogen) atoms. The quantitative estimate of drug-likeness (QED) is 0.612. The largest absolute Gasteiger partial charge is 0.361 e. The van der Waals surface area contributed by atoms with E-state index in [2.05, 4.69) is 10.3 Å².